The van der Waals surface area contributed by atoms with E-state index in [4.69, 9.17) is 4.74 Å². The number of pyridine rings is 1. The van der Waals surface area contributed by atoms with Gasteiger partial charge in [-0.05, 0) is 17.7 Å². The van der Waals surface area contributed by atoms with Gasteiger partial charge in [-0.15, -0.1) is 10.2 Å². The van der Waals surface area contributed by atoms with E-state index in [0.29, 0.717) is 35.9 Å². The van der Waals surface area contributed by atoms with E-state index in [1.807, 2.05) is 12.1 Å². The van der Waals surface area contributed by atoms with Gasteiger partial charge in [0.15, 0.2) is 5.65 Å². The topological polar surface area (TPSA) is 77.2 Å². The van der Waals surface area contributed by atoms with Crippen LogP contribution in [-0.2, 0) is 13.0 Å². The maximum atomic E-state index is 14.2. The second-order valence-electron chi connectivity index (χ2n) is 6.22. The van der Waals surface area contributed by atoms with Gasteiger partial charge in [-0.25, -0.2) is 9.37 Å². The number of hydrogen-bond acceptors (Lipinski definition) is 6. The van der Waals surface area contributed by atoms with Crippen molar-refractivity contribution in [3.8, 4) is 16.9 Å². The Labute approximate surface area is 153 Å². The molecule has 0 bridgehead atoms. The standard InChI is InChI=1S/C19H15FN6O/c20-16-4-6-21-9-14(16)15-10-23-19(26-11-24-25-18(15)26)22-8-12-2-1-3-17-13(12)5-7-27-17/h1-4,6,9-11H,5,7-8H2,(H,22,23). The number of rotatable bonds is 4. The van der Waals surface area contributed by atoms with Crippen molar-refractivity contribution in [2.45, 2.75) is 13.0 Å². The summed E-state index contributed by atoms with van der Waals surface area (Å²) < 4.78 is 21.5. The Bertz CT molecular complexity index is 1140. The molecule has 134 valence electrons. The molecule has 0 amide bonds. The third kappa shape index (κ3) is 2.66. The van der Waals surface area contributed by atoms with Crippen LogP contribution in [0.15, 0.2) is 49.2 Å². The fourth-order valence-corrected chi connectivity index (χ4v) is 3.35. The molecular formula is C19H15FN6O. The molecule has 4 aromatic rings. The van der Waals surface area contributed by atoms with Crippen LogP contribution in [0.2, 0.25) is 0 Å². The van der Waals surface area contributed by atoms with Crippen LogP contribution in [-0.4, -0.2) is 31.2 Å². The smallest absolute Gasteiger partial charge is 0.210 e. The number of hydrogen-bond donors (Lipinski definition) is 1. The number of nitrogens with zero attached hydrogens (tertiary/aromatic N) is 5. The summed E-state index contributed by atoms with van der Waals surface area (Å²) in [6.45, 7) is 1.30. The predicted molar refractivity (Wildman–Crippen MR) is 96.9 cm³/mol. The molecule has 0 atom stereocenters. The van der Waals surface area contributed by atoms with Crippen molar-refractivity contribution >= 4 is 11.6 Å². The molecule has 27 heavy (non-hydrogen) atoms. The summed E-state index contributed by atoms with van der Waals surface area (Å²) in [4.78, 5) is 8.44. The van der Waals surface area contributed by atoms with E-state index in [1.165, 1.54) is 24.0 Å². The van der Waals surface area contributed by atoms with E-state index < -0.39 is 0 Å². The third-order valence-electron chi connectivity index (χ3n) is 4.67. The quantitative estimate of drug-likeness (QED) is 0.602. The molecule has 0 saturated heterocycles. The molecule has 5 rings (SSSR count). The van der Waals surface area contributed by atoms with Crippen LogP contribution in [0.5, 0.6) is 5.75 Å². The Morgan fingerprint density at radius 3 is 3.07 bits per heavy atom. The monoisotopic (exact) mass is 362 g/mol. The summed E-state index contributed by atoms with van der Waals surface area (Å²) in [6, 6.07) is 7.35. The molecule has 0 unspecified atom stereocenters. The molecule has 1 N–H and O–H groups in total. The van der Waals surface area contributed by atoms with Gasteiger partial charge >= 0.3 is 0 Å². The molecule has 8 heteroatoms. The highest BCUT2D eigenvalue weighted by molar-refractivity contribution is 5.77. The molecule has 1 aromatic carbocycles. The summed E-state index contributed by atoms with van der Waals surface area (Å²) >= 11 is 0. The number of ether oxygens (including phenoxy) is 1. The molecule has 1 aliphatic rings. The number of benzene rings is 1. The van der Waals surface area contributed by atoms with E-state index in [-0.39, 0.29) is 5.82 Å². The maximum absolute atomic E-state index is 14.2. The summed E-state index contributed by atoms with van der Waals surface area (Å²) in [7, 11) is 0. The van der Waals surface area contributed by atoms with Gasteiger partial charge in [-0.3, -0.25) is 9.38 Å². The van der Waals surface area contributed by atoms with E-state index in [1.54, 1.807) is 16.9 Å². The first kappa shape index (κ1) is 15.7. The first-order valence-electron chi connectivity index (χ1n) is 8.57. The van der Waals surface area contributed by atoms with Crippen molar-refractivity contribution in [2.24, 2.45) is 0 Å². The Morgan fingerprint density at radius 1 is 1.19 bits per heavy atom. The molecule has 7 nitrogen and oxygen atoms in total. The van der Waals surface area contributed by atoms with Gasteiger partial charge in [0.2, 0.25) is 5.95 Å². The molecule has 4 heterocycles. The fourth-order valence-electron chi connectivity index (χ4n) is 3.35. The van der Waals surface area contributed by atoms with E-state index in [0.717, 1.165) is 17.7 Å². The Hall–Kier alpha value is -3.55. The highest BCUT2D eigenvalue weighted by Gasteiger charge is 2.17. The van der Waals surface area contributed by atoms with Crippen LogP contribution in [0.3, 0.4) is 0 Å². The normalized spacial score (nSPS) is 12.8. The number of aromatic nitrogens is 5. The largest absolute Gasteiger partial charge is 0.493 e. The van der Waals surface area contributed by atoms with E-state index >= 15 is 0 Å². The highest BCUT2D eigenvalue weighted by atomic mass is 19.1. The molecule has 0 aliphatic carbocycles. The lowest BCUT2D eigenvalue weighted by Gasteiger charge is -2.12. The van der Waals surface area contributed by atoms with Crippen LogP contribution in [0.4, 0.5) is 10.3 Å². The number of nitrogens with one attached hydrogen (secondary N) is 1. The van der Waals surface area contributed by atoms with Crippen molar-refractivity contribution in [3.05, 3.63) is 66.1 Å². The van der Waals surface area contributed by atoms with Crippen LogP contribution in [0.1, 0.15) is 11.1 Å². The van der Waals surface area contributed by atoms with Crippen molar-refractivity contribution in [1.82, 2.24) is 24.6 Å². The zero-order chi connectivity index (χ0) is 18.2. The molecule has 0 radical (unpaired) electrons. The van der Waals surface area contributed by atoms with Crippen molar-refractivity contribution in [1.29, 1.82) is 0 Å². The molecule has 3 aromatic heterocycles. The minimum Gasteiger partial charge on any atom is -0.493 e. The molecule has 1 aliphatic heterocycles. The van der Waals surface area contributed by atoms with Gasteiger partial charge in [-0.1, -0.05) is 12.1 Å². The van der Waals surface area contributed by atoms with E-state index in [2.05, 4.69) is 31.5 Å². The second-order valence-corrected chi connectivity index (χ2v) is 6.22. The fraction of sp³-hybridized carbons (Fsp3) is 0.158. The van der Waals surface area contributed by atoms with Crippen LogP contribution in [0, 0.1) is 5.82 Å². The van der Waals surface area contributed by atoms with Gasteiger partial charge in [0, 0.05) is 48.2 Å². The maximum Gasteiger partial charge on any atom is 0.210 e. The highest BCUT2D eigenvalue weighted by Crippen LogP contribution is 2.29. The Kier molecular flexibility index (Phi) is 3.67. The number of fused-ring (bicyclic) bond motifs is 2. The molecular weight excluding hydrogens is 347 g/mol. The summed E-state index contributed by atoms with van der Waals surface area (Å²) in [5.41, 5.74) is 3.78. The van der Waals surface area contributed by atoms with Crippen molar-refractivity contribution in [2.75, 3.05) is 11.9 Å². The second kappa shape index (κ2) is 6.31. The van der Waals surface area contributed by atoms with Crippen molar-refractivity contribution < 1.29 is 9.13 Å². The Morgan fingerprint density at radius 2 is 2.15 bits per heavy atom. The van der Waals surface area contributed by atoms with Gasteiger partial charge in [-0.2, -0.15) is 0 Å². The van der Waals surface area contributed by atoms with E-state index in [9.17, 15) is 4.39 Å². The third-order valence-corrected chi connectivity index (χ3v) is 4.67. The molecule has 0 fully saturated rings. The van der Waals surface area contributed by atoms with Crippen LogP contribution in [0.25, 0.3) is 16.8 Å². The van der Waals surface area contributed by atoms with Crippen LogP contribution >= 0.6 is 0 Å². The zero-order valence-electron chi connectivity index (χ0n) is 14.3. The number of anilines is 1. The summed E-state index contributed by atoms with van der Waals surface area (Å²) in [5.74, 6) is 1.15. The van der Waals surface area contributed by atoms with Crippen LogP contribution < -0.4 is 10.1 Å². The molecule has 0 saturated carbocycles. The van der Waals surface area contributed by atoms with Gasteiger partial charge < -0.3 is 10.1 Å². The lowest BCUT2D eigenvalue weighted by atomic mass is 10.1. The minimum atomic E-state index is -0.378. The van der Waals surface area contributed by atoms with Crippen molar-refractivity contribution in [3.63, 3.8) is 0 Å². The Balaban J connectivity index is 1.49. The number of halogens is 1. The average molecular weight is 362 g/mol. The average Bonchev–Trinajstić information content (AvgIpc) is 3.36. The zero-order valence-corrected chi connectivity index (χ0v) is 14.3. The van der Waals surface area contributed by atoms with Gasteiger partial charge in [0.25, 0.3) is 0 Å². The van der Waals surface area contributed by atoms with Gasteiger partial charge in [0.05, 0.1) is 6.61 Å². The first-order valence-corrected chi connectivity index (χ1v) is 8.57. The minimum absolute atomic E-state index is 0.340. The molecule has 0 spiro atoms. The lowest BCUT2D eigenvalue weighted by molar-refractivity contribution is 0.357. The summed E-state index contributed by atoms with van der Waals surface area (Å²) in [5, 5.41) is 11.4. The summed E-state index contributed by atoms with van der Waals surface area (Å²) in [6.07, 6.45) is 6.92. The SMILES string of the molecule is Fc1ccncc1-c1cnc(NCc2cccc3c2CCO3)n2cnnc12. The first-order chi connectivity index (χ1) is 13.3. The van der Waals surface area contributed by atoms with Gasteiger partial charge in [0.1, 0.15) is 17.9 Å². The lowest BCUT2D eigenvalue weighted by Crippen LogP contribution is -2.08. The predicted octanol–water partition coefficient (Wildman–Crippen LogP) is 2.87.